The highest BCUT2D eigenvalue weighted by molar-refractivity contribution is 7.99. The number of aryl methyl sites for hydroxylation is 1. The SMILES string of the molecule is Cc1cccc(NC(=O)CSc2nnc3[nH]c(=O)c(C(C)(C)C)nn23)c1C. The first-order valence-electron chi connectivity index (χ1n) is 8.52. The molecule has 2 aromatic heterocycles. The minimum atomic E-state index is -0.423. The normalized spacial score (nSPS) is 11.7. The van der Waals surface area contributed by atoms with Crippen LogP contribution in [0, 0.1) is 13.8 Å². The average molecular weight is 386 g/mol. The van der Waals surface area contributed by atoms with Crippen LogP contribution in [0.2, 0.25) is 0 Å². The molecule has 9 heteroatoms. The summed E-state index contributed by atoms with van der Waals surface area (Å²) < 4.78 is 1.47. The van der Waals surface area contributed by atoms with Crippen LogP contribution in [0.1, 0.15) is 37.6 Å². The second kappa shape index (κ2) is 7.15. The van der Waals surface area contributed by atoms with Crippen molar-refractivity contribution in [3.8, 4) is 0 Å². The molecule has 1 aromatic carbocycles. The summed E-state index contributed by atoms with van der Waals surface area (Å²) in [5.74, 6) is 0.260. The monoisotopic (exact) mass is 386 g/mol. The maximum atomic E-state index is 12.3. The molecule has 0 fully saturated rings. The van der Waals surface area contributed by atoms with Crippen LogP contribution < -0.4 is 10.9 Å². The first-order chi connectivity index (χ1) is 12.7. The third-order valence-electron chi connectivity index (χ3n) is 4.17. The number of benzene rings is 1. The number of hydrogen-bond acceptors (Lipinski definition) is 6. The first-order valence-corrected chi connectivity index (χ1v) is 9.50. The fraction of sp³-hybridized carbons (Fsp3) is 0.389. The van der Waals surface area contributed by atoms with Crippen molar-refractivity contribution in [3.63, 3.8) is 0 Å². The Hall–Kier alpha value is -2.68. The van der Waals surface area contributed by atoms with Crippen LogP contribution in [0.5, 0.6) is 0 Å². The molecule has 0 aliphatic heterocycles. The Morgan fingerprint density at radius 1 is 1.26 bits per heavy atom. The molecule has 8 nitrogen and oxygen atoms in total. The van der Waals surface area contributed by atoms with Crippen LogP contribution in [-0.2, 0) is 10.2 Å². The Bertz CT molecular complexity index is 1060. The molecule has 0 unspecified atom stereocenters. The molecule has 2 heterocycles. The molecular formula is C18H22N6O2S. The zero-order chi connectivity index (χ0) is 19.8. The third-order valence-corrected chi connectivity index (χ3v) is 5.09. The van der Waals surface area contributed by atoms with Gasteiger partial charge in [-0.05, 0) is 31.0 Å². The van der Waals surface area contributed by atoms with Gasteiger partial charge in [-0.2, -0.15) is 9.61 Å². The van der Waals surface area contributed by atoms with Crippen LogP contribution in [-0.4, -0.2) is 36.5 Å². The van der Waals surface area contributed by atoms with Crippen molar-refractivity contribution in [2.45, 2.75) is 45.2 Å². The lowest BCUT2D eigenvalue weighted by molar-refractivity contribution is -0.113. The molecule has 3 rings (SSSR count). The molecule has 0 radical (unpaired) electrons. The minimum Gasteiger partial charge on any atom is -0.325 e. The Morgan fingerprint density at radius 2 is 2.00 bits per heavy atom. The van der Waals surface area contributed by atoms with Gasteiger partial charge >= 0.3 is 0 Å². The number of nitrogens with zero attached hydrogens (tertiary/aromatic N) is 4. The Balaban J connectivity index is 1.78. The number of hydrogen-bond donors (Lipinski definition) is 2. The summed E-state index contributed by atoms with van der Waals surface area (Å²) in [6.07, 6.45) is 0. The number of aromatic nitrogens is 5. The first kappa shape index (κ1) is 19.1. The van der Waals surface area contributed by atoms with Crippen LogP contribution in [0.4, 0.5) is 5.69 Å². The Labute approximate surface area is 160 Å². The number of carbonyl (C=O) groups is 1. The number of fused-ring (bicyclic) bond motifs is 1. The van der Waals surface area contributed by atoms with Crippen molar-refractivity contribution in [3.05, 3.63) is 45.4 Å². The van der Waals surface area contributed by atoms with Crippen molar-refractivity contribution in [2.75, 3.05) is 11.1 Å². The average Bonchev–Trinajstić information content (AvgIpc) is 2.97. The summed E-state index contributed by atoms with van der Waals surface area (Å²) in [5, 5.41) is 15.7. The van der Waals surface area contributed by atoms with Gasteiger partial charge in [0.25, 0.3) is 11.3 Å². The molecule has 0 saturated carbocycles. The lowest BCUT2D eigenvalue weighted by atomic mass is 9.93. The van der Waals surface area contributed by atoms with Gasteiger partial charge in [0.2, 0.25) is 11.1 Å². The van der Waals surface area contributed by atoms with E-state index in [1.807, 2.05) is 52.8 Å². The van der Waals surface area contributed by atoms with Gasteiger partial charge in [-0.15, -0.1) is 10.2 Å². The lowest BCUT2D eigenvalue weighted by Gasteiger charge is -2.15. The van der Waals surface area contributed by atoms with Gasteiger partial charge in [-0.25, -0.2) is 0 Å². The molecule has 0 spiro atoms. The van der Waals surface area contributed by atoms with Crippen molar-refractivity contribution in [2.24, 2.45) is 0 Å². The van der Waals surface area contributed by atoms with Gasteiger partial charge in [0, 0.05) is 11.1 Å². The van der Waals surface area contributed by atoms with Gasteiger partial charge in [-0.3, -0.25) is 14.6 Å². The number of amides is 1. The van der Waals surface area contributed by atoms with Gasteiger partial charge in [-0.1, -0.05) is 44.7 Å². The molecule has 2 N–H and O–H groups in total. The van der Waals surface area contributed by atoms with E-state index in [-0.39, 0.29) is 23.0 Å². The Kier molecular flexibility index (Phi) is 5.05. The summed E-state index contributed by atoms with van der Waals surface area (Å²) in [4.78, 5) is 27.2. The van der Waals surface area contributed by atoms with Crippen LogP contribution in [0.25, 0.3) is 5.78 Å². The summed E-state index contributed by atoms with van der Waals surface area (Å²) in [5.41, 5.74) is 2.63. The van der Waals surface area contributed by atoms with Crippen LogP contribution >= 0.6 is 11.8 Å². The van der Waals surface area contributed by atoms with Crippen LogP contribution in [0.15, 0.2) is 28.2 Å². The summed E-state index contributed by atoms with van der Waals surface area (Å²) >= 11 is 1.21. The molecule has 0 aliphatic carbocycles. The maximum Gasteiger partial charge on any atom is 0.274 e. The van der Waals surface area contributed by atoms with Crippen molar-refractivity contribution < 1.29 is 4.79 Å². The summed E-state index contributed by atoms with van der Waals surface area (Å²) in [6, 6.07) is 5.78. The van der Waals surface area contributed by atoms with E-state index in [4.69, 9.17) is 0 Å². The van der Waals surface area contributed by atoms with Gasteiger partial charge < -0.3 is 5.32 Å². The largest absolute Gasteiger partial charge is 0.325 e. The number of anilines is 1. The van der Waals surface area contributed by atoms with E-state index in [0.29, 0.717) is 10.9 Å². The second-order valence-electron chi connectivity index (χ2n) is 7.36. The predicted octanol–water partition coefficient (Wildman–Crippen LogP) is 2.46. The maximum absolute atomic E-state index is 12.3. The number of aromatic amines is 1. The quantitative estimate of drug-likeness (QED) is 0.668. The molecular weight excluding hydrogens is 364 g/mol. The standard InChI is InChI=1S/C18H22N6O2S/c1-10-7-6-8-12(11(10)2)19-13(25)9-27-17-22-21-16-20-15(26)14(18(3,4)5)23-24(16)17/h6-8H,9H2,1-5H3,(H,19,25)(H,20,21,26). The molecule has 142 valence electrons. The zero-order valence-corrected chi connectivity index (χ0v) is 16.8. The second-order valence-corrected chi connectivity index (χ2v) is 8.30. The van der Waals surface area contributed by atoms with Crippen LogP contribution in [0.3, 0.4) is 0 Å². The van der Waals surface area contributed by atoms with E-state index >= 15 is 0 Å². The zero-order valence-electron chi connectivity index (χ0n) is 16.0. The van der Waals surface area contributed by atoms with Crippen molar-refractivity contribution in [1.82, 2.24) is 24.8 Å². The Morgan fingerprint density at radius 3 is 2.70 bits per heavy atom. The minimum absolute atomic E-state index is 0.147. The molecule has 3 aromatic rings. The number of carbonyl (C=O) groups excluding carboxylic acids is 1. The number of thioether (sulfide) groups is 1. The van der Waals surface area contributed by atoms with Gasteiger partial charge in [0.1, 0.15) is 5.69 Å². The fourth-order valence-electron chi connectivity index (χ4n) is 2.52. The summed E-state index contributed by atoms with van der Waals surface area (Å²) in [7, 11) is 0. The smallest absolute Gasteiger partial charge is 0.274 e. The number of nitrogens with one attached hydrogen (secondary N) is 2. The van der Waals surface area contributed by atoms with E-state index in [9.17, 15) is 9.59 Å². The predicted molar refractivity (Wildman–Crippen MR) is 105 cm³/mol. The molecule has 1 amide bonds. The highest BCUT2D eigenvalue weighted by atomic mass is 32.2. The van der Waals surface area contributed by atoms with Gasteiger partial charge in [0.05, 0.1) is 5.75 Å². The van der Waals surface area contributed by atoms with Crippen molar-refractivity contribution in [1.29, 1.82) is 0 Å². The molecule has 0 bridgehead atoms. The molecule has 27 heavy (non-hydrogen) atoms. The van der Waals surface area contributed by atoms with E-state index < -0.39 is 5.41 Å². The lowest BCUT2D eigenvalue weighted by Crippen LogP contribution is -2.28. The van der Waals surface area contributed by atoms with E-state index in [1.165, 1.54) is 16.3 Å². The fourth-order valence-corrected chi connectivity index (χ4v) is 3.20. The topological polar surface area (TPSA) is 105 Å². The number of H-pyrrole nitrogens is 1. The highest BCUT2D eigenvalue weighted by Gasteiger charge is 2.22. The van der Waals surface area contributed by atoms with E-state index in [2.05, 4.69) is 25.6 Å². The molecule has 0 aliphatic rings. The molecule has 0 atom stereocenters. The van der Waals surface area contributed by atoms with Gasteiger partial charge in [0.15, 0.2) is 0 Å². The molecule has 0 saturated heterocycles. The highest BCUT2D eigenvalue weighted by Crippen LogP contribution is 2.21. The van der Waals surface area contributed by atoms with E-state index in [1.54, 1.807) is 0 Å². The number of rotatable bonds is 4. The third kappa shape index (κ3) is 4.02. The van der Waals surface area contributed by atoms with Crippen molar-refractivity contribution >= 4 is 29.1 Å². The summed E-state index contributed by atoms with van der Waals surface area (Å²) in [6.45, 7) is 9.70. The van der Waals surface area contributed by atoms with E-state index in [0.717, 1.165) is 16.8 Å².